The third-order valence-corrected chi connectivity index (χ3v) is 4.54. The number of methoxy groups -OCH3 is 1. The van der Waals surface area contributed by atoms with E-state index >= 15 is 0 Å². The van der Waals surface area contributed by atoms with Gasteiger partial charge in [-0.3, -0.25) is 4.90 Å². The summed E-state index contributed by atoms with van der Waals surface area (Å²) in [5.41, 5.74) is 8.70. The molecule has 1 saturated heterocycles. The van der Waals surface area contributed by atoms with Crippen LogP contribution in [0, 0.1) is 0 Å². The van der Waals surface area contributed by atoms with Gasteiger partial charge in [-0.15, -0.1) is 0 Å². The van der Waals surface area contributed by atoms with Crippen LogP contribution in [0.3, 0.4) is 0 Å². The third kappa shape index (κ3) is 4.04. The lowest BCUT2D eigenvalue weighted by atomic mass is 9.95. The summed E-state index contributed by atoms with van der Waals surface area (Å²) in [7, 11) is 6.09. The first-order valence-corrected chi connectivity index (χ1v) is 7.84. The van der Waals surface area contributed by atoms with Crippen molar-refractivity contribution < 1.29 is 4.74 Å². The van der Waals surface area contributed by atoms with Crippen molar-refractivity contribution in [2.24, 2.45) is 5.73 Å². The maximum absolute atomic E-state index is 6.13. The van der Waals surface area contributed by atoms with Crippen LogP contribution in [0.15, 0.2) is 24.3 Å². The minimum absolute atomic E-state index is 0.291. The topological polar surface area (TPSA) is 41.7 Å². The zero-order valence-corrected chi connectivity index (χ0v) is 13.6. The highest BCUT2D eigenvalue weighted by Crippen LogP contribution is 2.27. The highest BCUT2D eigenvalue weighted by molar-refractivity contribution is 5.30. The molecule has 2 N–H and O–H groups in total. The van der Waals surface area contributed by atoms with Crippen LogP contribution >= 0.6 is 0 Å². The average molecular weight is 291 g/mol. The van der Waals surface area contributed by atoms with Gasteiger partial charge in [-0.05, 0) is 44.6 Å². The van der Waals surface area contributed by atoms with Crippen LogP contribution in [0.2, 0.25) is 0 Å². The van der Waals surface area contributed by atoms with Crippen LogP contribution in [-0.4, -0.2) is 56.7 Å². The van der Waals surface area contributed by atoms with Crippen LogP contribution in [0.25, 0.3) is 0 Å². The highest BCUT2D eigenvalue weighted by atomic mass is 16.5. The molecule has 0 aliphatic carbocycles. The molecule has 2 atom stereocenters. The Morgan fingerprint density at radius 3 is 2.81 bits per heavy atom. The van der Waals surface area contributed by atoms with Crippen molar-refractivity contribution in [3.8, 4) is 0 Å². The Morgan fingerprint density at radius 2 is 2.14 bits per heavy atom. The van der Waals surface area contributed by atoms with E-state index in [1.807, 2.05) is 0 Å². The normalized spacial score (nSPS) is 21.7. The summed E-state index contributed by atoms with van der Waals surface area (Å²) in [6, 6.07) is 9.44. The number of nitrogens with zero attached hydrogens (tertiary/aromatic N) is 2. The first-order valence-electron chi connectivity index (χ1n) is 7.84. The molecule has 0 aromatic heterocycles. The highest BCUT2D eigenvalue weighted by Gasteiger charge is 2.28. The Kier molecular flexibility index (Phi) is 6.18. The predicted octanol–water partition coefficient (Wildman–Crippen LogP) is 1.86. The Hall–Kier alpha value is -0.940. The van der Waals surface area contributed by atoms with Crippen molar-refractivity contribution in [1.82, 2.24) is 9.80 Å². The van der Waals surface area contributed by atoms with Crippen LogP contribution < -0.4 is 5.73 Å². The summed E-state index contributed by atoms with van der Waals surface area (Å²) in [6.45, 7) is 3.53. The van der Waals surface area contributed by atoms with Gasteiger partial charge in [-0.1, -0.05) is 24.3 Å². The average Bonchev–Trinajstić information content (AvgIpc) is 2.50. The van der Waals surface area contributed by atoms with E-state index in [1.165, 1.54) is 24.0 Å². The van der Waals surface area contributed by atoms with E-state index in [2.05, 4.69) is 48.2 Å². The van der Waals surface area contributed by atoms with E-state index in [4.69, 9.17) is 10.5 Å². The Labute approximate surface area is 128 Å². The lowest BCUT2D eigenvalue weighted by Crippen LogP contribution is -2.48. The van der Waals surface area contributed by atoms with Gasteiger partial charge in [0, 0.05) is 32.3 Å². The summed E-state index contributed by atoms with van der Waals surface area (Å²) in [4.78, 5) is 4.88. The summed E-state index contributed by atoms with van der Waals surface area (Å²) in [5.74, 6) is 0. The molecule has 21 heavy (non-hydrogen) atoms. The number of benzene rings is 1. The van der Waals surface area contributed by atoms with E-state index in [0.29, 0.717) is 25.2 Å². The van der Waals surface area contributed by atoms with Gasteiger partial charge in [0.2, 0.25) is 0 Å². The van der Waals surface area contributed by atoms with Crippen LogP contribution in [0.4, 0.5) is 0 Å². The van der Waals surface area contributed by atoms with Gasteiger partial charge in [0.15, 0.2) is 0 Å². The minimum Gasteiger partial charge on any atom is -0.380 e. The molecular formula is C17H29N3O. The number of nitrogens with two attached hydrogens (primary N) is 1. The lowest BCUT2D eigenvalue weighted by molar-refractivity contribution is 0.0968. The maximum atomic E-state index is 6.13. The van der Waals surface area contributed by atoms with E-state index in [0.717, 1.165) is 13.1 Å². The van der Waals surface area contributed by atoms with Crippen molar-refractivity contribution in [2.75, 3.05) is 40.8 Å². The fourth-order valence-electron chi connectivity index (χ4n) is 3.31. The molecule has 4 heteroatoms. The molecule has 1 heterocycles. The van der Waals surface area contributed by atoms with Gasteiger partial charge in [0.1, 0.15) is 0 Å². The van der Waals surface area contributed by atoms with Crippen molar-refractivity contribution in [1.29, 1.82) is 0 Å². The van der Waals surface area contributed by atoms with Crippen molar-refractivity contribution in [3.63, 3.8) is 0 Å². The molecular weight excluding hydrogens is 262 g/mol. The Balaban J connectivity index is 2.19. The standard InChI is InChI=1S/C17H29N3O/c1-19(2)15-8-6-10-20(12-15)17(11-18)16-9-5-4-7-14(16)13-21-3/h4-5,7,9,15,17H,6,8,10-13,18H2,1-3H3. The number of hydrogen-bond donors (Lipinski definition) is 1. The van der Waals surface area contributed by atoms with Gasteiger partial charge in [0.25, 0.3) is 0 Å². The van der Waals surface area contributed by atoms with E-state index in [1.54, 1.807) is 7.11 Å². The SMILES string of the molecule is COCc1ccccc1C(CN)N1CCCC(N(C)C)C1. The Bertz CT molecular complexity index is 436. The number of ether oxygens (including phenoxy) is 1. The molecule has 1 aromatic carbocycles. The second-order valence-corrected chi connectivity index (χ2v) is 6.14. The molecule has 0 saturated carbocycles. The molecule has 4 nitrogen and oxygen atoms in total. The third-order valence-electron chi connectivity index (χ3n) is 4.54. The molecule has 1 aliphatic heterocycles. The zero-order chi connectivity index (χ0) is 15.2. The van der Waals surface area contributed by atoms with E-state index in [-0.39, 0.29) is 0 Å². The fraction of sp³-hybridized carbons (Fsp3) is 0.647. The molecule has 1 fully saturated rings. The second-order valence-electron chi connectivity index (χ2n) is 6.14. The molecule has 0 spiro atoms. The maximum Gasteiger partial charge on any atom is 0.0716 e. The van der Waals surface area contributed by atoms with Gasteiger partial charge in [-0.2, -0.15) is 0 Å². The van der Waals surface area contributed by atoms with Crippen molar-refractivity contribution >= 4 is 0 Å². The lowest BCUT2D eigenvalue weighted by Gasteiger charge is -2.40. The molecule has 2 rings (SSSR count). The predicted molar refractivity (Wildman–Crippen MR) is 87.2 cm³/mol. The molecule has 2 unspecified atom stereocenters. The van der Waals surface area contributed by atoms with E-state index < -0.39 is 0 Å². The smallest absolute Gasteiger partial charge is 0.0716 e. The minimum atomic E-state index is 0.291. The fourth-order valence-corrected chi connectivity index (χ4v) is 3.31. The molecule has 0 radical (unpaired) electrons. The monoisotopic (exact) mass is 291 g/mol. The summed E-state index contributed by atoms with van der Waals surface area (Å²) in [6.07, 6.45) is 2.52. The first kappa shape index (κ1) is 16.4. The zero-order valence-electron chi connectivity index (χ0n) is 13.6. The summed E-state index contributed by atoms with van der Waals surface area (Å²) >= 11 is 0. The van der Waals surface area contributed by atoms with Crippen LogP contribution in [0.5, 0.6) is 0 Å². The molecule has 0 bridgehead atoms. The van der Waals surface area contributed by atoms with Gasteiger partial charge >= 0.3 is 0 Å². The van der Waals surface area contributed by atoms with Gasteiger partial charge in [0.05, 0.1) is 6.61 Å². The van der Waals surface area contributed by atoms with E-state index in [9.17, 15) is 0 Å². The second kappa shape index (κ2) is 7.90. The van der Waals surface area contributed by atoms with Gasteiger partial charge < -0.3 is 15.4 Å². The molecule has 1 aromatic rings. The quantitative estimate of drug-likeness (QED) is 0.868. The number of piperidine rings is 1. The van der Waals surface area contributed by atoms with Gasteiger partial charge in [-0.25, -0.2) is 0 Å². The Morgan fingerprint density at radius 1 is 1.38 bits per heavy atom. The summed E-state index contributed by atoms with van der Waals surface area (Å²) in [5, 5.41) is 0. The number of likely N-dealkylation sites (tertiary alicyclic amines) is 1. The number of likely N-dealkylation sites (N-methyl/N-ethyl adjacent to an activating group) is 1. The molecule has 0 amide bonds. The number of hydrogen-bond acceptors (Lipinski definition) is 4. The largest absolute Gasteiger partial charge is 0.380 e. The summed E-state index contributed by atoms with van der Waals surface area (Å²) < 4.78 is 5.34. The van der Waals surface area contributed by atoms with Crippen LogP contribution in [-0.2, 0) is 11.3 Å². The first-order chi connectivity index (χ1) is 10.2. The number of rotatable bonds is 6. The van der Waals surface area contributed by atoms with Crippen LogP contribution in [0.1, 0.15) is 30.0 Å². The van der Waals surface area contributed by atoms with Crippen molar-refractivity contribution in [3.05, 3.63) is 35.4 Å². The van der Waals surface area contributed by atoms with Crippen molar-refractivity contribution in [2.45, 2.75) is 31.5 Å². The molecule has 118 valence electrons. The molecule has 1 aliphatic rings.